The molecule has 1 rings (SSSR count). The maximum atomic E-state index is 9.62. The summed E-state index contributed by atoms with van der Waals surface area (Å²) < 4.78 is 11.7. The fourth-order valence-electron chi connectivity index (χ4n) is 2.56. The average Bonchev–Trinajstić information content (AvgIpc) is 2.61. The van der Waals surface area contributed by atoms with Gasteiger partial charge in [0.05, 0.1) is 25.7 Å². The molecule has 1 aromatic rings. The first-order chi connectivity index (χ1) is 11.8. The highest BCUT2D eigenvalue weighted by Crippen LogP contribution is 2.31. The monoisotopic (exact) mass is 356 g/mol. The molecule has 0 atom stereocenters. The molecule has 0 saturated heterocycles. The molecule has 1 aromatic carbocycles. The zero-order valence-corrected chi connectivity index (χ0v) is 16.0. The van der Waals surface area contributed by atoms with Gasteiger partial charge in [0.2, 0.25) is 0 Å². The third-order valence-electron chi connectivity index (χ3n) is 4.07. The van der Waals surface area contributed by atoms with Gasteiger partial charge in [0.15, 0.2) is 0 Å². The normalized spacial score (nSPS) is 10.8. The number of hydrogen-bond donors (Lipinski definition) is 1. The first-order valence-corrected chi connectivity index (χ1v) is 9.88. The highest BCUT2D eigenvalue weighted by molar-refractivity contribution is 6.17. The van der Waals surface area contributed by atoms with Crippen LogP contribution in [-0.4, -0.2) is 18.3 Å². The fraction of sp³-hybridized carbons (Fsp3) is 0.700. The van der Waals surface area contributed by atoms with Crippen molar-refractivity contribution in [3.63, 3.8) is 0 Å². The molecule has 3 nitrogen and oxygen atoms in total. The Morgan fingerprint density at radius 1 is 0.792 bits per heavy atom. The number of unbranched alkanes of at least 4 members (excludes halogenated alkanes) is 6. The molecular weight excluding hydrogens is 324 g/mol. The van der Waals surface area contributed by atoms with Crippen molar-refractivity contribution in [2.45, 2.75) is 77.7 Å². The summed E-state index contributed by atoms with van der Waals surface area (Å²) in [6.07, 6.45) is 9.32. The molecule has 0 radical (unpaired) electrons. The smallest absolute Gasteiger partial charge is 0.125 e. The number of rotatable bonds is 14. The van der Waals surface area contributed by atoms with Gasteiger partial charge in [-0.25, -0.2) is 0 Å². The van der Waals surface area contributed by atoms with Crippen LogP contribution in [-0.2, 0) is 12.5 Å². The Kier molecular flexibility index (Phi) is 11.8. The lowest BCUT2D eigenvalue weighted by atomic mass is 10.1. The van der Waals surface area contributed by atoms with Gasteiger partial charge in [-0.05, 0) is 25.0 Å². The molecule has 0 amide bonds. The minimum Gasteiger partial charge on any atom is -0.493 e. The number of aliphatic hydroxyl groups excluding tert-OH is 1. The van der Waals surface area contributed by atoms with Crippen molar-refractivity contribution in [1.82, 2.24) is 0 Å². The Morgan fingerprint density at radius 3 is 1.75 bits per heavy atom. The van der Waals surface area contributed by atoms with Crippen LogP contribution in [0.15, 0.2) is 12.1 Å². The lowest BCUT2D eigenvalue weighted by Gasteiger charge is -2.16. The molecule has 0 aliphatic rings. The molecule has 0 saturated carbocycles. The molecule has 1 N–H and O–H groups in total. The van der Waals surface area contributed by atoms with E-state index in [-0.39, 0.29) is 6.61 Å². The molecule has 0 heterocycles. The van der Waals surface area contributed by atoms with E-state index < -0.39 is 0 Å². The second-order valence-corrected chi connectivity index (χ2v) is 6.44. The van der Waals surface area contributed by atoms with Crippen LogP contribution in [0, 0.1) is 0 Å². The first-order valence-electron chi connectivity index (χ1n) is 9.35. The van der Waals surface area contributed by atoms with Crippen LogP contribution in [0.5, 0.6) is 11.5 Å². The summed E-state index contributed by atoms with van der Waals surface area (Å²) in [6.45, 7) is 5.69. The van der Waals surface area contributed by atoms with Gasteiger partial charge < -0.3 is 14.6 Å². The third kappa shape index (κ3) is 7.76. The van der Waals surface area contributed by atoms with E-state index in [0.717, 1.165) is 35.5 Å². The van der Waals surface area contributed by atoms with Crippen LogP contribution in [0.3, 0.4) is 0 Å². The van der Waals surface area contributed by atoms with Crippen LogP contribution in [0.4, 0.5) is 0 Å². The van der Waals surface area contributed by atoms with Gasteiger partial charge in [-0.3, -0.25) is 0 Å². The summed E-state index contributed by atoms with van der Waals surface area (Å²) >= 11 is 6.07. The maximum absolute atomic E-state index is 9.62. The molecule has 0 aliphatic heterocycles. The van der Waals surface area contributed by atoms with Crippen molar-refractivity contribution < 1.29 is 14.6 Å². The van der Waals surface area contributed by atoms with Crippen molar-refractivity contribution in [2.75, 3.05) is 13.2 Å². The third-order valence-corrected chi connectivity index (χ3v) is 4.36. The van der Waals surface area contributed by atoms with E-state index in [1.54, 1.807) is 0 Å². The predicted molar refractivity (Wildman–Crippen MR) is 101 cm³/mol. The van der Waals surface area contributed by atoms with Gasteiger partial charge in [0.25, 0.3) is 0 Å². The van der Waals surface area contributed by atoms with Gasteiger partial charge >= 0.3 is 0 Å². The SMILES string of the molecule is CCCCCCOc1cc(CCl)c(OCCCCCC)cc1CO. The van der Waals surface area contributed by atoms with E-state index in [9.17, 15) is 5.11 Å². The summed E-state index contributed by atoms with van der Waals surface area (Å²) in [5, 5.41) is 9.62. The van der Waals surface area contributed by atoms with Crippen LogP contribution < -0.4 is 9.47 Å². The van der Waals surface area contributed by atoms with Gasteiger partial charge in [-0.1, -0.05) is 52.4 Å². The molecule has 0 fully saturated rings. The minimum atomic E-state index is -0.0565. The van der Waals surface area contributed by atoms with E-state index in [4.69, 9.17) is 21.1 Å². The van der Waals surface area contributed by atoms with Crippen molar-refractivity contribution in [3.05, 3.63) is 23.3 Å². The Hall–Kier alpha value is -0.930. The molecule has 0 unspecified atom stereocenters. The first kappa shape index (κ1) is 21.1. The summed E-state index contributed by atoms with van der Waals surface area (Å²) in [4.78, 5) is 0. The number of alkyl halides is 1. The zero-order valence-electron chi connectivity index (χ0n) is 15.3. The number of halogens is 1. The Labute approximate surface area is 152 Å². The molecule has 24 heavy (non-hydrogen) atoms. The van der Waals surface area contributed by atoms with Crippen molar-refractivity contribution in [2.24, 2.45) is 0 Å². The van der Waals surface area contributed by atoms with Gasteiger partial charge in [-0.15, -0.1) is 11.6 Å². The van der Waals surface area contributed by atoms with Crippen LogP contribution in [0.2, 0.25) is 0 Å². The molecule has 0 aromatic heterocycles. The van der Waals surface area contributed by atoms with Crippen molar-refractivity contribution in [3.8, 4) is 11.5 Å². The van der Waals surface area contributed by atoms with Crippen LogP contribution in [0.25, 0.3) is 0 Å². The zero-order chi connectivity index (χ0) is 17.6. The van der Waals surface area contributed by atoms with E-state index in [1.165, 1.54) is 38.5 Å². The number of benzene rings is 1. The Balaban J connectivity index is 2.63. The van der Waals surface area contributed by atoms with Crippen molar-refractivity contribution >= 4 is 11.6 Å². The highest BCUT2D eigenvalue weighted by Gasteiger charge is 2.11. The topological polar surface area (TPSA) is 38.7 Å². The summed E-state index contributed by atoms with van der Waals surface area (Å²) in [6, 6.07) is 3.79. The largest absolute Gasteiger partial charge is 0.493 e. The van der Waals surface area contributed by atoms with E-state index >= 15 is 0 Å². The maximum Gasteiger partial charge on any atom is 0.125 e. The van der Waals surface area contributed by atoms with Gasteiger partial charge in [0, 0.05) is 11.1 Å². The number of hydrogen-bond acceptors (Lipinski definition) is 3. The Bertz CT molecular complexity index is 407. The second kappa shape index (κ2) is 13.4. The van der Waals surface area contributed by atoms with Gasteiger partial charge in [-0.2, -0.15) is 0 Å². The molecule has 0 bridgehead atoms. The quantitative estimate of drug-likeness (QED) is 0.336. The lowest BCUT2D eigenvalue weighted by Crippen LogP contribution is -2.05. The highest BCUT2D eigenvalue weighted by atomic mass is 35.5. The van der Waals surface area contributed by atoms with Crippen LogP contribution >= 0.6 is 11.6 Å². The standard InChI is InChI=1S/C20H33ClO3/c1-3-5-7-9-11-23-19-14-18(16-22)20(13-17(19)15-21)24-12-10-8-6-4-2/h13-14,22H,3-12,15-16H2,1-2H3. The second-order valence-electron chi connectivity index (χ2n) is 6.18. The molecule has 4 heteroatoms. The molecule has 0 spiro atoms. The number of aliphatic hydroxyl groups is 1. The van der Waals surface area contributed by atoms with Crippen molar-refractivity contribution in [1.29, 1.82) is 0 Å². The average molecular weight is 357 g/mol. The molecule has 0 aliphatic carbocycles. The van der Waals surface area contributed by atoms with E-state index in [1.807, 2.05) is 12.1 Å². The fourth-order valence-corrected chi connectivity index (χ4v) is 2.77. The van der Waals surface area contributed by atoms with E-state index in [2.05, 4.69) is 13.8 Å². The summed E-state index contributed by atoms with van der Waals surface area (Å²) in [5.41, 5.74) is 1.69. The lowest BCUT2D eigenvalue weighted by molar-refractivity contribution is 0.256. The van der Waals surface area contributed by atoms with Gasteiger partial charge in [0.1, 0.15) is 11.5 Å². The predicted octanol–water partition coefficient (Wildman–Crippen LogP) is 5.84. The summed E-state index contributed by atoms with van der Waals surface area (Å²) in [5.74, 6) is 1.87. The molecule has 138 valence electrons. The van der Waals surface area contributed by atoms with Crippen LogP contribution in [0.1, 0.15) is 76.3 Å². The number of ether oxygens (including phenoxy) is 2. The minimum absolute atomic E-state index is 0.0565. The summed E-state index contributed by atoms with van der Waals surface area (Å²) in [7, 11) is 0. The van der Waals surface area contributed by atoms with E-state index in [0.29, 0.717) is 19.1 Å². The Morgan fingerprint density at radius 2 is 1.29 bits per heavy atom. The molecular formula is C20H33ClO3.